The third-order valence-corrected chi connectivity index (χ3v) is 8.27. The topological polar surface area (TPSA) is 94.5 Å². The predicted octanol–water partition coefficient (Wildman–Crippen LogP) is 5.23. The van der Waals surface area contributed by atoms with Crippen LogP contribution in [0.1, 0.15) is 43.7 Å². The monoisotopic (exact) mass is 603 g/mol. The summed E-state index contributed by atoms with van der Waals surface area (Å²) in [6.07, 6.45) is 3.70. The quantitative estimate of drug-likeness (QED) is 0.204. The van der Waals surface area contributed by atoms with E-state index in [0.717, 1.165) is 46.3 Å². The molecule has 0 bridgehead atoms. The van der Waals surface area contributed by atoms with Gasteiger partial charge in [0.1, 0.15) is 18.2 Å². The third-order valence-electron chi connectivity index (χ3n) is 8.03. The number of ether oxygens (including phenoxy) is 1. The number of aldehydes is 1. The number of rotatable bonds is 9. The number of amidine groups is 1. The molecule has 226 valence electrons. The number of amides is 2. The van der Waals surface area contributed by atoms with Crippen molar-refractivity contribution >= 4 is 52.2 Å². The number of unbranched alkanes of at least 4 members (excludes halogenated alkanes) is 1. The van der Waals surface area contributed by atoms with Gasteiger partial charge in [0, 0.05) is 43.2 Å². The Kier molecular flexibility index (Phi) is 9.94. The molecule has 1 saturated heterocycles. The molecule has 1 N–H and O–H groups in total. The number of hydrogen-bond acceptors (Lipinski definition) is 7. The first-order valence-corrected chi connectivity index (χ1v) is 15.3. The van der Waals surface area contributed by atoms with E-state index in [4.69, 9.17) is 21.3 Å². The molecular weight excluding hydrogens is 566 g/mol. The van der Waals surface area contributed by atoms with Gasteiger partial charge in [-0.05, 0) is 53.8 Å². The summed E-state index contributed by atoms with van der Waals surface area (Å²) >= 11 is 6.46. The molecule has 9 nitrogen and oxygen atoms in total. The number of anilines is 1. The van der Waals surface area contributed by atoms with Crippen LogP contribution in [-0.2, 0) is 20.7 Å². The number of fused-ring (bicyclic) bond motifs is 2. The molecule has 0 aliphatic carbocycles. The Labute approximate surface area is 257 Å². The van der Waals surface area contributed by atoms with Gasteiger partial charge in [-0.15, -0.1) is 0 Å². The van der Waals surface area contributed by atoms with Crippen LogP contribution in [0.5, 0.6) is 0 Å². The Morgan fingerprint density at radius 3 is 2.63 bits per heavy atom. The number of piperidine rings is 1. The van der Waals surface area contributed by atoms with Gasteiger partial charge in [0.25, 0.3) is 5.91 Å². The molecule has 0 aromatic heterocycles. The number of likely N-dealkylation sites (tertiary alicyclic amines) is 1. The molecule has 3 aromatic carbocycles. The minimum Gasteiger partial charge on any atom is -0.448 e. The van der Waals surface area contributed by atoms with Gasteiger partial charge >= 0.3 is 6.09 Å². The summed E-state index contributed by atoms with van der Waals surface area (Å²) in [7, 11) is 1.79. The number of benzene rings is 3. The molecule has 2 amide bonds. The summed E-state index contributed by atoms with van der Waals surface area (Å²) in [6, 6.07) is 19.4. The Morgan fingerprint density at radius 2 is 1.88 bits per heavy atom. The summed E-state index contributed by atoms with van der Waals surface area (Å²) in [4.78, 5) is 46.5. The van der Waals surface area contributed by atoms with Crippen molar-refractivity contribution in [2.45, 2.75) is 51.1 Å². The second-order valence-electron chi connectivity index (χ2n) is 11.0. The highest BCUT2D eigenvalue weighted by Gasteiger charge is 2.33. The summed E-state index contributed by atoms with van der Waals surface area (Å²) in [5, 5.41) is 4.11. The van der Waals surface area contributed by atoms with Gasteiger partial charge in [-0.25, -0.2) is 15.2 Å². The van der Waals surface area contributed by atoms with Crippen molar-refractivity contribution in [3.05, 3.63) is 76.8 Å². The van der Waals surface area contributed by atoms with Crippen molar-refractivity contribution in [2.24, 2.45) is 4.99 Å². The fraction of sp³-hybridized carbons (Fsp3) is 0.394. The van der Waals surface area contributed by atoms with E-state index >= 15 is 0 Å². The smallest absolute Gasteiger partial charge is 0.424 e. The zero-order chi connectivity index (χ0) is 30.3. The van der Waals surface area contributed by atoms with Crippen LogP contribution in [0.4, 0.5) is 10.5 Å². The maximum Gasteiger partial charge on any atom is 0.424 e. The average molecular weight is 604 g/mol. The van der Waals surface area contributed by atoms with Gasteiger partial charge < -0.3 is 19.3 Å². The molecule has 3 aromatic rings. The van der Waals surface area contributed by atoms with Crippen LogP contribution in [0.2, 0.25) is 5.02 Å². The van der Waals surface area contributed by atoms with Crippen LogP contribution in [-0.4, -0.2) is 79.4 Å². The number of likely N-dealkylation sites (N-methyl/N-ethyl adjacent to an activating group) is 1. The van der Waals surface area contributed by atoms with E-state index in [1.165, 1.54) is 5.01 Å². The molecule has 0 saturated carbocycles. The van der Waals surface area contributed by atoms with E-state index in [2.05, 4.69) is 40.7 Å². The summed E-state index contributed by atoms with van der Waals surface area (Å²) < 4.78 is 5.31. The fourth-order valence-electron chi connectivity index (χ4n) is 5.65. The maximum absolute atomic E-state index is 13.8. The molecule has 2 heterocycles. The number of halogens is 1. The van der Waals surface area contributed by atoms with Crippen molar-refractivity contribution in [1.29, 1.82) is 0 Å². The van der Waals surface area contributed by atoms with Gasteiger partial charge in [-0.1, -0.05) is 67.4 Å². The Bertz CT molecular complexity index is 1500. The van der Waals surface area contributed by atoms with Crippen molar-refractivity contribution in [3.8, 4) is 0 Å². The van der Waals surface area contributed by atoms with E-state index in [1.807, 2.05) is 31.2 Å². The van der Waals surface area contributed by atoms with Gasteiger partial charge in [0.2, 0.25) is 0 Å². The maximum atomic E-state index is 13.8. The SMILES string of the molecule is CCCCOC(=O)N(CC=O)NC1CCN(C2=NC(Cc3ccc4ccccc4c3)C(=O)N(C)c3ccc(Cl)cc32)CC1. The molecule has 0 radical (unpaired) electrons. The normalized spacial score (nSPS) is 17.3. The summed E-state index contributed by atoms with van der Waals surface area (Å²) in [5.41, 5.74) is 5.82. The minimum absolute atomic E-state index is 0.0298. The van der Waals surface area contributed by atoms with Crippen molar-refractivity contribution in [2.75, 3.05) is 38.2 Å². The molecule has 43 heavy (non-hydrogen) atoms. The van der Waals surface area contributed by atoms with Crippen molar-refractivity contribution in [3.63, 3.8) is 0 Å². The fourth-order valence-corrected chi connectivity index (χ4v) is 5.82. The molecule has 5 rings (SSSR count). The lowest BCUT2D eigenvalue weighted by atomic mass is 10.0. The lowest BCUT2D eigenvalue weighted by molar-refractivity contribution is -0.119. The first-order chi connectivity index (χ1) is 20.9. The number of benzodiazepines with no additional fused rings is 1. The number of carbonyl (C=O) groups is 3. The van der Waals surface area contributed by atoms with Gasteiger partial charge in [0.05, 0.1) is 18.8 Å². The van der Waals surface area contributed by atoms with E-state index < -0.39 is 12.1 Å². The highest BCUT2D eigenvalue weighted by atomic mass is 35.5. The second-order valence-corrected chi connectivity index (χ2v) is 11.5. The van der Waals surface area contributed by atoms with Crippen LogP contribution in [0.15, 0.2) is 65.7 Å². The second kappa shape index (κ2) is 14.0. The number of nitrogens with one attached hydrogen (secondary N) is 1. The summed E-state index contributed by atoms with van der Waals surface area (Å²) in [5.74, 6) is 0.664. The van der Waals surface area contributed by atoms with Crippen molar-refractivity contribution in [1.82, 2.24) is 15.3 Å². The predicted molar refractivity (Wildman–Crippen MR) is 170 cm³/mol. The first-order valence-electron chi connectivity index (χ1n) is 14.9. The minimum atomic E-state index is -0.607. The highest BCUT2D eigenvalue weighted by Crippen LogP contribution is 2.31. The first kappa shape index (κ1) is 30.5. The van der Waals surface area contributed by atoms with Crippen LogP contribution in [0.25, 0.3) is 10.8 Å². The van der Waals surface area contributed by atoms with Crippen LogP contribution in [0.3, 0.4) is 0 Å². The van der Waals surface area contributed by atoms with E-state index in [-0.39, 0.29) is 18.5 Å². The molecule has 1 atom stereocenters. The average Bonchev–Trinajstić information content (AvgIpc) is 3.11. The van der Waals surface area contributed by atoms with E-state index in [0.29, 0.717) is 50.3 Å². The van der Waals surface area contributed by atoms with Gasteiger partial charge in [0.15, 0.2) is 0 Å². The zero-order valence-corrected chi connectivity index (χ0v) is 25.4. The number of hydrogen-bond donors (Lipinski definition) is 1. The lowest BCUT2D eigenvalue weighted by Crippen LogP contribution is -2.53. The van der Waals surface area contributed by atoms with Crippen LogP contribution < -0.4 is 10.3 Å². The highest BCUT2D eigenvalue weighted by molar-refractivity contribution is 6.31. The van der Waals surface area contributed by atoms with Gasteiger partial charge in [-0.3, -0.25) is 9.79 Å². The largest absolute Gasteiger partial charge is 0.448 e. The van der Waals surface area contributed by atoms with Crippen LogP contribution >= 0.6 is 11.6 Å². The number of hydrazine groups is 1. The van der Waals surface area contributed by atoms with E-state index in [1.54, 1.807) is 18.0 Å². The van der Waals surface area contributed by atoms with Gasteiger partial charge in [-0.2, -0.15) is 0 Å². The molecular formula is C33H38ClN5O4. The zero-order valence-electron chi connectivity index (χ0n) is 24.7. The van der Waals surface area contributed by atoms with Crippen LogP contribution in [0, 0.1) is 0 Å². The lowest BCUT2D eigenvalue weighted by Gasteiger charge is -2.37. The van der Waals surface area contributed by atoms with E-state index in [9.17, 15) is 14.4 Å². The summed E-state index contributed by atoms with van der Waals surface area (Å²) in [6.45, 7) is 3.54. The Hall–Kier alpha value is -3.95. The molecule has 10 heteroatoms. The molecule has 0 spiro atoms. The number of aliphatic imine (C=N–C) groups is 1. The number of carbonyl (C=O) groups excluding carboxylic acids is 3. The molecule has 2 aliphatic heterocycles. The Morgan fingerprint density at radius 1 is 1.12 bits per heavy atom. The Balaban J connectivity index is 1.36. The van der Waals surface area contributed by atoms with Crippen molar-refractivity contribution < 1.29 is 19.1 Å². The molecule has 1 fully saturated rings. The molecule has 2 aliphatic rings. The number of nitrogens with zero attached hydrogens (tertiary/aromatic N) is 4. The molecule has 1 unspecified atom stereocenters. The standard InChI is InChI=1S/C33H38ClN5O4/c1-3-4-19-43-33(42)39(17-18-40)36-27-13-15-38(16-14-27)31-28-22-26(34)11-12-30(28)37(2)32(41)29(35-31)21-23-9-10-24-7-5-6-8-25(24)20-23/h5-12,18,20,22,27,29,36H,3-4,13-17,19,21H2,1-2H3. The third kappa shape index (κ3) is 7.17.